The molecule has 2 aliphatic heterocycles. The molecule has 2 heterocycles. The number of nitrogens with one attached hydrogen (secondary N) is 1. The summed E-state index contributed by atoms with van der Waals surface area (Å²) in [6, 6.07) is 8.48. The van der Waals surface area contributed by atoms with Crippen molar-refractivity contribution in [1.82, 2.24) is 10.2 Å². The van der Waals surface area contributed by atoms with Gasteiger partial charge in [0.2, 0.25) is 5.91 Å². The van der Waals surface area contributed by atoms with Crippen molar-refractivity contribution in [3.05, 3.63) is 29.8 Å². The SMILES string of the molecule is CC(C)(C)OC(=O)N1CCC(C(=O)NCc2ccc(N3CCCC3)cc2)CC1. The predicted molar refractivity (Wildman–Crippen MR) is 110 cm³/mol. The summed E-state index contributed by atoms with van der Waals surface area (Å²) >= 11 is 0. The molecule has 0 unspecified atom stereocenters. The number of anilines is 1. The van der Waals surface area contributed by atoms with Crippen molar-refractivity contribution in [2.24, 2.45) is 5.92 Å². The monoisotopic (exact) mass is 387 g/mol. The zero-order valence-corrected chi connectivity index (χ0v) is 17.4. The van der Waals surface area contributed by atoms with Crippen LogP contribution in [0, 0.1) is 5.92 Å². The number of benzene rings is 1. The lowest BCUT2D eigenvalue weighted by Gasteiger charge is -2.32. The van der Waals surface area contributed by atoms with Crippen molar-refractivity contribution in [2.45, 2.75) is 58.6 Å². The maximum atomic E-state index is 12.5. The number of piperidine rings is 1. The molecular weight excluding hydrogens is 354 g/mol. The van der Waals surface area contributed by atoms with Gasteiger partial charge >= 0.3 is 6.09 Å². The summed E-state index contributed by atoms with van der Waals surface area (Å²) in [5.74, 6) is 0.0371. The third-order valence-corrected chi connectivity index (χ3v) is 5.39. The van der Waals surface area contributed by atoms with Gasteiger partial charge < -0.3 is 19.9 Å². The number of hydrogen-bond donors (Lipinski definition) is 1. The van der Waals surface area contributed by atoms with Crippen molar-refractivity contribution in [3.63, 3.8) is 0 Å². The van der Waals surface area contributed by atoms with E-state index in [4.69, 9.17) is 4.74 Å². The molecule has 28 heavy (non-hydrogen) atoms. The molecule has 0 atom stereocenters. The second-order valence-corrected chi connectivity index (χ2v) is 8.82. The molecule has 0 spiro atoms. The Bertz CT molecular complexity index is 667. The first-order chi connectivity index (χ1) is 13.3. The fourth-order valence-electron chi connectivity index (χ4n) is 3.78. The molecule has 2 amide bonds. The summed E-state index contributed by atoms with van der Waals surface area (Å²) < 4.78 is 5.41. The van der Waals surface area contributed by atoms with Gasteiger partial charge in [0.25, 0.3) is 0 Å². The summed E-state index contributed by atoms with van der Waals surface area (Å²) in [7, 11) is 0. The van der Waals surface area contributed by atoms with Crippen LogP contribution in [0.2, 0.25) is 0 Å². The Labute approximate surface area is 168 Å². The lowest BCUT2D eigenvalue weighted by Crippen LogP contribution is -2.44. The van der Waals surface area contributed by atoms with Gasteiger partial charge in [0.1, 0.15) is 5.60 Å². The van der Waals surface area contributed by atoms with E-state index in [-0.39, 0.29) is 17.9 Å². The van der Waals surface area contributed by atoms with Gasteiger partial charge in [-0.15, -0.1) is 0 Å². The zero-order chi connectivity index (χ0) is 20.1. The summed E-state index contributed by atoms with van der Waals surface area (Å²) in [4.78, 5) is 28.7. The van der Waals surface area contributed by atoms with Crippen LogP contribution in [0.1, 0.15) is 52.0 Å². The molecule has 3 rings (SSSR count). The molecule has 0 aliphatic carbocycles. The Morgan fingerprint density at radius 2 is 1.64 bits per heavy atom. The van der Waals surface area contributed by atoms with Crippen molar-refractivity contribution < 1.29 is 14.3 Å². The summed E-state index contributed by atoms with van der Waals surface area (Å²) in [6.45, 7) is 9.55. The van der Waals surface area contributed by atoms with Gasteiger partial charge in [-0.1, -0.05) is 12.1 Å². The maximum absolute atomic E-state index is 12.5. The van der Waals surface area contributed by atoms with Crippen LogP contribution in [0.25, 0.3) is 0 Å². The van der Waals surface area contributed by atoms with E-state index in [2.05, 4.69) is 34.5 Å². The highest BCUT2D eigenvalue weighted by Crippen LogP contribution is 2.22. The highest BCUT2D eigenvalue weighted by molar-refractivity contribution is 5.79. The van der Waals surface area contributed by atoms with Crippen LogP contribution >= 0.6 is 0 Å². The van der Waals surface area contributed by atoms with E-state index in [1.54, 1.807) is 4.90 Å². The quantitative estimate of drug-likeness (QED) is 0.858. The number of nitrogens with zero attached hydrogens (tertiary/aromatic N) is 2. The van der Waals surface area contributed by atoms with Crippen molar-refractivity contribution in [2.75, 3.05) is 31.1 Å². The Kier molecular flexibility index (Phi) is 6.47. The minimum absolute atomic E-state index is 0.0393. The number of carbonyl (C=O) groups excluding carboxylic acids is 2. The van der Waals surface area contributed by atoms with Crippen LogP contribution in [0.15, 0.2) is 24.3 Å². The lowest BCUT2D eigenvalue weighted by molar-refractivity contribution is -0.126. The smallest absolute Gasteiger partial charge is 0.410 e. The van der Waals surface area contributed by atoms with Crippen LogP contribution in [0.3, 0.4) is 0 Å². The third kappa shape index (κ3) is 5.63. The lowest BCUT2D eigenvalue weighted by atomic mass is 9.96. The van der Waals surface area contributed by atoms with Crippen LogP contribution in [-0.4, -0.2) is 48.7 Å². The van der Waals surface area contributed by atoms with E-state index in [0.717, 1.165) is 18.7 Å². The first-order valence-corrected chi connectivity index (χ1v) is 10.4. The van der Waals surface area contributed by atoms with Crippen molar-refractivity contribution in [3.8, 4) is 0 Å². The normalized spacial score (nSPS) is 18.2. The first-order valence-electron chi connectivity index (χ1n) is 10.4. The van der Waals surface area contributed by atoms with Crippen molar-refractivity contribution >= 4 is 17.7 Å². The number of hydrogen-bond acceptors (Lipinski definition) is 4. The van der Waals surface area contributed by atoms with Gasteiger partial charge in [0, 0.05) is 44.3 Å². The molecule has 1 aromatic carbocycles. The molecule has 0 aromatic heterocycles. The Balaban J connectivity index is 1.41. The molecule has 6 nitrogen and oxygen atoms in total. The highest BCUT2D eigenvalue weighted by Gasteiger charge is 2.29. The summed E-state index contributed by atoms with van der Waals surface area (Å²) in [5.41, 5.74) is 1.89. The van der Waals surface area contributed by atoms with Gasteiger partial charge in [-0.2, -0.15) is 0 Å². The van der Waals surface area contributed by atoms with Gasteiger partial charge in [-0.3, -0.25) is 4.79 Å². The molecule has 1 N–H and O–H groups in total. The molecule has 2 saturated heterocycles. The van der Waals surface area contributed by atoms with Crippen LogP contribution in [0.5, 0.6) is 0 Å². The van der Waals surface area contributed by atoms with E-state index in [1.807, 2.05) is 20.8 Å². The minimum atomic E-state index is -0.490. The molecule has 6 heteroatoms. The predicted octanol–water partition coefficient (Wildman–Crippen LogP) is 3.55. The molecule has 0 saturated carbocycles. The number of rotatable bonds is 4. The highest BCUT2D eigenvalue weighted by atomic mass is 16.6. The zero-order valence-electron chi connectivity index (χ0n) is 17.4. The standard InChI is InChI=1S/C22H33N3O3/c1-22(2,3)28-21(27)25-14-10-18(11-15-25)20(26)23-16-17-6-8-19(9-7-17)24-12-4-5-13-24/h6-9,18H,4-5,10-16H2,1-3H3,(H,23,26). The van der Waals surface area contributed by atoms with E-state index < -0.39 is 5.60 Å². The van der Waals surface area contributed by atoms with Gasteiger partial charge in [-0.25, -0.2) is 4.79 Å². The average molecular weight is 388 g/mol. The minimum Gasteiger partial charge on any atom is -0.444 e. The van der Waals surface area contributed by atoms with Crippen LogP contribution < -0.4 is 10.2 Å². The second kappa shape index (κ2) is 8.84. The van der Waals surface area contributed by atoms with Gasteiger partial charge in [0.05, 0.1) is 0 Å². The number of carbonyl (C=O) groups is 2. The molecule has 0 radical (unpaired) electrons. The average Bonchev–Trinajstić information content (AvgIpc) is 3.20. The second-order valence-electron chi connectivity index (χ2n) is 8.82. The molecular formula is C22H33N3O3. The topological polar surface area (TPSA) is 61.9 Å². The first kappa shape index (κ1) is 20.5. The van der Waals surface area contributed by atoms with E-state index in [0.29, 0.717) is 32.5 Å². The Morgan fingerprint density at radius 1 is 1.04 bits per heavy atom. The molecule has 1 aromatic rings. The Morgan fingerprint density at radius 3 is 2.21 bits per heavy atom. The van der Waals surface area contributed by atoms with Gasteiger partial charge in [0.15, 0.2) is 0 Å². The largest absolute Gasteiger partial charge is 0.444 e. The summed E-state index contributed by atoms with van der Waals surface area (Å²) in [5, 5.41) is 3.05. The molecule has 154 valence electrons. The number of ether oxygens (including phenoxy) is 1. The molecule has 2 fully saturated rings. The molecule has 0 bridgehead atoms. The third-order valence-electron chi connectivity index (χ3n) is 5.39. The van der Waals surface area contributed by atoms with E-state index >= 15 is 0 Å². The number of amides is 2. The van der Waals surface area contributed by atoms with Crippen LogP contribution in [0.4, 0.5) is 10.5 Å². The maximum Gasteiger partial charge on any atom is 0.410 e. The molecule has 2 aliphatic rings. The summed E-state index contributed by atoms with van der Waals surface area (Å²) in [6.07, 6.45) is 3.61. The Hall–Kier alpha value is -2.24. The fourth-order valence-corrected chi connectivity index (χ4v) is 3.78. The fraction of sp³-hybridized carbons (Fsp3) is 0.636. The van der Waals surface area contributed by atoms with E-state index in [9.17, 15) is 9.59 Å². The van der Waals surface area contributed by atoms with Crippen molar-refractivity contribution in [1.29, 1.82) is 0 Å². The van der Waals surface area contributed by atoms with Crippen LogP contribution in [-0.2, 0) is 16.1 Å². The van der Waals surface area contributed by atoms with Gasteiger partial charge in [-0.05, 0) is 64.2 Å². The van der Waals surface area contributed by atoms with E-state index in [1.165, 1.54) is 18.5 Å². The number of likely N-dealkylation sites (tertiary alicyclic amines) is 1.